The first-order valence-corrected chi connectivity index (χ1v) is 11.4. The lowest BCUT2D eigenvalue weighted by Gasteiger charge is -2.15. The molecule has 3 rings (SSSR count). The van der Waals surface area contributed by atoms with E-state index in [0.717, 1.165) is 22.7 Å². The van der Waals surface area contributed by atoms with Gasteiger partial charge in [-0.15, -0.1) is 0 Å². The number of rotatable bonds is 9. The molecular weight excluding hydrogens is 420 g/mol. The van der Waals surface area contributed by atoms with E-state index in [1.165, 1.54) is 38.4 Å². The quantitative estimate of drug-likeness (QED) is 0.594. The third-order valence-corrected chi connectivity index (χ3v) is 6.94. The van der Waals surface area contributed by atoms with Gasteiger partial charge in [-0.3, -0.25) is 9.59 Å². The first-order valence-electron chi connectivity index (χ1n) is 9.92. The van der Waals surface area contributed by atoms with E-state index in [-0.39, 0.29) is 23.4 Å². The van der Waals surface area contributed by atoms with Crippen molar-refractivity contribution in [2.45, 2.75) is 30.1 Å². The summed E-state index contributed by atoms with van der Waals surface area (Å²) in [6.45, 7) is 1.91. The average Bonchev–Trinajstić information content (AvgIpc) is 3.55. The van der Waals surface area contributed by atoms with Gasteiger partial charge in [-0.25, -0.2) is 12.7 Å². The van der Waals surface area contributed by atoms with Crippen LogP contribution < -0.4 is 10.1 Å². The summed E-state index contributed by atoms with van der Waals surface area (Å²) in [5.41, 5.74) is 0.922. The molecule has 0 heterocycles. The number of sulfonamides is 1. The third-order valence-electron chi connectivity index (χ3n) is 5.11. The lowest BCUT2D eigenvalue weighted by atomic mass is 9.96. The Balaban J connectivity index is 1.54. The van der Waals surface area contributed by atoms with Crippen LogP contribution in [0.3, 0.4) is 0 Å². The standard InChI is InChI=1S/C22H26N2O6S/c1-4-29-21(26)22(13-14-22)16-5-7-17(8-6-16)23-20(25)15-30-18-9-11-19(12-10-18)31(27,28)24(2)3/h5-12H,4,13-15H2,1-3H3,(H,23,25). The molecule has 0 spiro atoms. The average molecular weight is 447 g/mol. The van der Waals surface area contributed by atoms with Crippen molar-refractivity contribution in [1.82, 2.24) is 4.31 Å². The molecule has 0 atom stereocenters. The summed E-state index contributed by atoms with van der Waals surface area (Å²) in [6.07, 6.45) is 1.53. The number of carbonyl (C=O) groups excluding carboxylic acids is 2. The van der Waals surface area contributed by atoms with Crippen molar-refractivity contribution in [2.75, 3.05) is 32.6 Å². The van der Waals surface area contributed by atoms with Gasteiger partial charge in [-0.05, 0) is 61.7 Å². The molecule has 0 saturated heterocycles. The fourth-order valence-corrected chi connectivity index (χ4v) is 4.04. The van der Waals surface area contributed by atoms with E-state index in [1.54, 1.807) is 19.1 Å². The van der Waals surface area contributed by atoms with E-state index in [4.69, 9.17) is 9.47 Å². The zero-order chi connectivity index (χ0) is 22.6. The molecule has 1 N–H and O–H groups in total. The van der Waals surface area contributed by atoms with Crippen LogP contribution >= 0.6 is 0 Å². The summed E-state index contributed by atoms with van der Waals surface area (Å²) in [5.74, 6) is -0.179. The maximum Gasteiger partial charge on any atom is 0.316 e. The SMILES string of the molecule is CCOC(=O)C1(c2ccc(NC(=O)COc3ccc(S(=O)(=O)N(C)C)cc3)cc2)CC1. The molecule has 1 saturated carbocycles. The first kappa shape index (κ1) is 22.8. The number of benzene rings is 2. The summed E-state index contributed by atoms with van der Waals surface area (Å²) in [5, 5.41) is 2.73. The lowest BCUT2D eigenvalue weighted by Crippen LogP contribution is -2.23. The maximum atomic E-state index is 12.2. The Labute approximate surface area is 182 Å². The van der Waals surface area contributed by atoms with Gasteiger partial charge in [0.15, 0.2) is 6.61 Å². The summed E-state index contributed by atoms with van der Waals surface area (Å²) < 4.78 is 35.9. The largest absolute Gasteiger partial charge is 0.484 e. The number of nitrogens with one attached hydrogen (secondary N) is 1. The molecule has 0 aliphatic heterocycles. The van der Waals surface area contributed by atoms with Crippen LogP contribution in [0.25, 0.3) is 0 Å². The fourth-order valence-electron chi connectivity index (χ4n) is 3.14. The molecule has 0 radical (unpaired) electrons. The van der Waals surface area contributed by atoms with Crippen LogP contribution in [-0.2, 0) is 29.8 Å². The molecule has 2 aromatic carbocycles. The monoisotopic (exact) mass is 446 g/mol. The highest BCUT2D eigenvalue weighted by Crippen LogP contribution is 2.49. The Kier molecular flexibility index (Phi) is 6.66. The summed E-state index contributed by atoms with van der Waals surface area (Å²) in [4.78, 5) is 24.5. The van der Waals surface area contributed by atoms with Crippen LogP contribution in [0, 0.1) is 0 Å². The molecule has 1 amide bonds. The molecule has 1 aliphatic carbocycles. The van der Waals surface area contributed by atoms with Crippen molar-refractivity contribution in [3.63, 3.8) is 0 Å². The predicted octanol–water partition coefficient (Wildman–Crippen LogP) is 2.55. The first-order chi connectivity index (χ1) is 14.7. The number of hydrogen-bond donors (Lipinski definition) is 1. The van der Waals surface area contributed by atoms with Crippen LogP contribution in [0.5, 0.6) is 5.75 Å². The second kappa shape index (κ2) is 9.07. The summed E-state index contributed by atoms with van der Waals surface area (Å²) in [7, 11) is -0.602. The number of anilines is 1. The third kappa shape index (κ3) is 5.05. The van der Waals surface area contributed by atoms with E-state index in [1.807, 2.05) is 12.1 Å². The Morgan fingerprint density at radius 3 is 2.16 bits per heavy atom. The number of esters is 1. The predicted molar refractivity (Wildman–Crippen MR) is 115 cm³/mol. The van der Waals surface area contributed by atoms with E-state index >= 15 is 0 Å². The Bertz CT molecular complexity index is 1040. The second-order valence-electron chi connectivity index (χ2n) is 7.48. The molecule has 1 fully saturated rings. The van der Waals surface area contributed by atoms with Crippen LogP contribution in [0.15, 0.2) is 53.4 Å². The van der Waals surface area contributed by atoms with E-state index in [9.17, 15) is 18.0 Å². The molecule has 8 nitrogen and oxygen atoms in total. The van der Waals surface area contributed by atoms with Crippen molar-refractivity contribution < 1.29 is 27.5 Å². The highest BCUT2D eigenvalue weighted by atomic mass is 32.2. The molecule has 2 aromatic rings. The molecule has 0 aromatic heterocycles. The zero-order valence-electron chi connectivity index (χ0n) is 17.8. The molecule has 0 unspecified atom stereocenters. The number of nitrogens with zero attached hydrogens (tertiary/aromatic N) is 1. The van der Waals surface area contributed by atoms with Crippen LogP contribution in [-0.4, -0.2) is 51.9 Å². The molecule has 0 bridgehead atoms. The van der Waals surface area contributed by atoms with Crippen molar-refractivity contribution >= 4 is 27.6 Å². The van der Waals surface area contributed by atoms with Crippen LogP contribution in [0.1, 0.15) is 25.3 Å². The minimum atomic E-state index is -3.51. The molecule has 1 aliphatic rings. The van der Waals surface area contributed by atoms with Gasteiger partial charge >= 0.3 is 5.97 Å². The van der Waals surface area contributed by atoms with Gasteiger partial charge in [0.2, 0.25) is 10.0 Å². The van der Waals surface area contributed by atoms with Crippen LogP contribution in [0.4, 0.5) is 5.69 Å². The van der Waals surface area contributed by atoms with Crippen molar-refractivity contribution in [3.8, 4) is 5.75 Å². The molecule has 31 heavy (non-hydrogen) atoms. The smallest absolute Gasteiger partial charge is 0.316 e. The zero-order valence-corrected chi connectivity index (χ0v) is 18.6. The van der Waals surface area contributed by atoms with Crippen LogP contribution in [0.2, 0.25) is 0 Å². The Morgan fingerprint density at radius 2 is 1.65 bits per heavy atom. The van der Waals surface area contributed by atoms with Gasteiger partial charge in [0.05, 0.1) is 16.9 Å². The number of ether oxygens (including phenoxy) is 2. The molecule has 9 heteroatoms. The summed E-state index contributed by atoms with van der Waals surface area (Å²) in [6, 6.07) is 13.0. The van der Waals surface area contributed by atoms with Gasteiger partial charge in [0.25, 0.3) is 5.91 Å². The van der Waals surface area contributed by atoms with Crippen molar-refractivity contribution in [3.05, 3.63) is 54.1 Å². The van der Waals surface area contributed by atoms with E-state index < -0.39 is 15.4 Å². The summed E-state index contributed by atoms with van der Waals surface area (Å²) >= 11 is 0. The number of amides is 1. The van der Waals surface area contributed by atoms with Crippen molar-refractivity contribution in [2.24, 2.45) is 0 Å². The van der Waals surface area contributed by atoms with Gasteiger partial charge in [-0.1, -0.05) is 12.1 Å². The highest BCUT2D eigenvalue weighted by molar-refractivity contribution is 7.89. The number of carbonyl (C=O) groups is 2. The molecular formula is C22H26N2O6S. The van der Waals surface area contributed by atoms with Crippen molar-refractivity contribution in [1.29, 1.82) is 0 Å². The maximum absolute atomic E-state index is 12.2. The van der Waals surface area contributed by atoms with Gasteiger partial charge in [0.1, 0.15) is 5.75 Å². The Hall–Kier alpha value is -2.91. The fraction of sp³-hybridized carbons (Fsp3) is 0.364. The minimum Gasteiger partial charge on any atom is -0.484 e. The lowest BCUT2D eigenvalue weighted by molar-refractivity contribution is -0.146. The minimum absolute atomic E-state index is 0.144. The Morgan fingerprint density at radius 1 is 1.03 bits per heavy atom. The molecule has 166 valence electrons. The van der Waals surface area contributed by atoms with Gasteiger partial charge in [-0.2, -0.15) is 0 Å². The topological polar surface area (TPSA) is 102 Å². The van der Waals surface area contributed by atoms with E-state index in [2.05, 4.69) is 5.32 Å². The van der Waals surface area contributed by atoms with E-state index in [0.29, 0.717) is 18.0 Å². The second-order valence-corrected chi connectivity index (χ2v) is 9.63. The van der Waals surface area contributed by atoms with Gasteiger partial charge in [0, 0.05) is 19.8 Å². The highest BCUT2D eigenvalue weighted by Gasteiger charge is 2.52. The number of hydrogen-bond acceptors (Lipinski definition) is 6. The van der Waals surface area contributed by atoms with Gasteiger partial charge < -0.3 is 14.8 Å². The normalized spacial score (nSPS) is 14.7.